The second kappa shape index (κ2) is 4.57. The van der Waals surface area contributed by atoms with Gasteiger partial charge in [-0.25, -0.2) is 9.78 Å². The van der Waals surface area contributed by atoms with E-state index in [0.717, 1.165) is 6.39 Å². The molecule has 0 unspecified atom stereocenters. The van der Waals surface area contributed by atoms with Gasteiger partial charge in [-0.1, -0.05) is 20.8 Å². The highest BCUT2D eigenvalue weighted by Crippen LogP contribution is 2.20. The molecule has 1 rings (SSSR count). The lowest BCUT2D eigenvalue weighted by Gasteiger charge is -2.27. The average Bonchev–Trinajstić information content (AvgIpc) is 2.58. The first kappa shape index (κ1) is 13.2. The van der Waals surface area contributed by atoms with Crippen molar-refractivity contribution in [1.82, 2.24) is 10.3 Å². The van der Waals surface area contributed by atoms with E-state index in [2.05, 4.69) is 10.3 Å². The Morgan fingerprint density at radius 3 is 2.41 bits per heavy atom. The molecule has 0 aliphatic rings. The van der Waals surface area contributed by atoms with Crippen LogP contribution in [0, 0.1) is 12.3 Å². The van der Waals surface area contributed by atoms with Gasteiger partial charge in [0.05, 0.1) is 5.69 Å². The first-order chi connectivity index (χ1) is 7.73. The SMILES string of the molecule is Cc1ncoc1C(=O)N[C@H](C(=O)O)C(C)(C)C. The van der Waals surface area contributed by atoms with Crippen LogP contribution in [0.15, 0.2) is 10.8 Å². The van der Waals surface area contributed by atoms with Gasteiger partial charge < -0.3 is 14.8 Å². The van der Waals surface area contributed by atoms with Crippen LogP contribution < -0.4 is 5.32 Å². The number of hydrogen-bond acceptors (Lipinski definition) is 4. The van der Waals surface area contributed by atoms with Gasteiger partial charge in [-0.2, -0.15) is 0 Å². The van der Waals surface area contributed by atoms with E-state index in [4.69, 9.17) is 9.52 Å². The van der Waals surface area contributed by atoms with Gasteiger partial charge in [-0.15, -0.1) is 0 Å². The highest BCUT2D eigenvalue weighted by atomic mass is 16.4. The van der Waals surface area contributed by atoms with Crippen molar-refractivity contribution in [2.75, 3.05) is 0 Å². The smallest absolute Gasteiger partial charge is 0.326 e. The molecule has 0 saturated heterocycles. The Balaban J connectivity index is 2.86. The van der Waals surface area contributed by atoms with E-state index in [0.29, 0.717) is 5.69 Å². The van der Waals surface area contributed by atoms with E-state index in [-0.39, 0.29) is 5.76 Å². The van der Waals surface area contributed by atoms with Crippen molar-refractivity contribution in [3.8, 4) is 0 Å². The van der Waals surface area contributed by atoms with E-state index in [1.54, 1.807) is 27.7 Å². The molecule has 94 valence electrons. The maximum Gasteiger partial charge on any atom is 0.326 e. The van der Waals surface area contributed by atoms with Crippen LogP contribution in [0.1, 0.15) is 37.0 Å². The number of aryl methyl sites for hydroxylation is 1. The molecule has 2 N–H and O–H groups in total. The fourth-order valence-electron chi connectivity index (χ4n) is 1.37. The monoisotopic (exact) mass is 240 g/mol. The molecule has 0 aromatic carbocycles. The summed E-state index contributed by atoms with van der Waals surface area (Å²) < 4.78 is 4.90. The van der Waals surface area contributed by atoms with Crippen LogP contribution in [0.5, 0.6) is 0 Å². The van der Waals surface area contributed by atoms with Crippen molar-refractivity contribution >= 4 is 11.9 Å². The van der Waals surface area contributed by atoms with Gasteiger partial charge in [0, 0.05) is 0 Å². The largest absolute Gasteiger partial charge is 0.480 e. The van der Waals surface area contributed by atoms with E-state index in [1.165, 1.54) is 0 Å². The molecule has 6 nitrogen and oxygen atoms in total. The van der Waals surface area contributed by atoms with Crippen molar-refractivity contribution in [3.63, 3.8) is 0 Å². The average molecular weight is 240 g/mol. The van der Waals surface area contributed by atoms with Gasteiger partial charge in [0.25, 0.3) is 5.91 Å². The molecular formula is C11H16N2O4. The number of carbonyl (C=O) groups is 2. The Labute approximate surface area is 99.0 Å². The summed E-state index contributed by atoms with van der Waals surface area (Å²) in [6.07, 6.45) is 1.15. The van der Waals surface area contributed by atoms with Crippen molar-refractivity contribution in [3.05, 3.63) is 17.8 Å². The second-order valence-corrected chi connectivity index (χ2v) is 4.88. The molecule has 1 atom stereocenters. The van der Waals surface area contributed by atoms with E-state index < -0.39 is 23.3 Å². The molecule has 0 bridgehead atoms. The van der Waals surface area contributed by atoms with Crippen LogP contribution >= 0.6 is 0 Å². The third-order valence-electron chi connectivity index (χ3n) is 2.34. The highest BCUT2D eigenvalue weighted by Gasteiger charge is 2.33. The van der Waals surface area contributed by atoms with E-state index in [9.17, 15) is 9.59 Å². The maximum atomic E-state index is 11.8. The standard InChI is InChI=1S/C11H16N2O4/c1-6-7(17-5-12-6)9(14)13-8(10(15)16)11(2,3)4/h5,8H,1-4H3,(H,13,14)(H,15,16)/t8-/m1/s1. The fraction of sp³-hybridized carbons (Fsp3) is 0.545. The topological polar surface area (TPSA) is 92.4 Å². The Hall–Kier alpha value is -1.85. The number of aliphatic carboxylic acids is 1. The Bertz CT molecular complexity index is 431. The van der Waals surface area contributed by atoms with E-state index in [1.807, 2.05) is 0 Å². The summed E-state index contributed by atoms with van der Waals surface area (Å²) in [4.78, 5) is 26.6. The molecule has 1 amide bonds. The summed E-state index contributed by atoms with van der Waals surface area (Å²) in [5, 5.41) is 11.5. The molecule has 17 heavy (non-hydrogen) atoms. The lowest BCUT2D eigenvalue weighted by molar-refractivity contribution is -0.142. The third kappa shape index (κ3) is 3.05. The number of hydrogen-bond donors (Lipinski definition) is 2. The number of nitrogens with one attached hydrogen (secondary N) is 1. The zero-order valence-corrected chi connectivity index (χ0v) is 10.3. The normalized spacial score (nSPS) is 13.2. The summed E-state index contributed by atoms with van der Waals surface area (Å²) in [7, 11) is 0. The number of carboxylic acid groups (broad SMARTS) is 1. The lowest BCUT2D eigenvalue weighted by atomic mass is 9.86. The third-order valence-corrected chi connectivity index (χ3v) is 2.34. The van der Waals surface area contributed by atoms with Gasteiger partial charge in [0.15, 0.2) is 6.39 Å². The van der Waals surface area contributed by atoms with Crippen LogP contribution in [0.2, 0.25) is 0 Å². The molecule has 0 saturated carbocycles. The number of carboxylic acids is 1. The summed E-state index contributed by atoms with van der Waals surface area (Å²) in [6, 6.07) is -0.987. The van der Waals surface area contributed by atoms with Crippen molar-refractivity contribution in [2.24, 2.45) is 5.41 Å². The first-order valence-electron chi connectivity index (χ1n) is 5.17. The second-order valence-electron chi connectivity index (χ2n) is 4.88. The van der Waals surface area contributed by atoms with Crippen molar-refractivity contribution < 1.29 is 19.1 Å². The minimum absolute atomic E-state index is 0.0421. The number of oxazole rings is 1. The molecule has 1 aromatic rings. The van der Waals surface area contributed by atoms with Gasteiger partial charge in [0.1, 0.15) is 6.04 Å². The number of carbonyl (C=O) groups excluding carboxylic acids is 1. The molecule has 6 heteroatoms. The van der Waals surface area contributed by atoms with Crippen LogP contribution in [0.25, 0.3) is 0 Å². The van der Waals surface area contributed by atoms with E-state index >= 15 is 0 Å². The van der Waals surface area contributed by atoms with Crippen LogP contribution in [0.4, 0.5) is 0 Å². The predicted octanol–water partition coefficient (Wildman–Crippen LogP) is 1.21. The number of amides is 1. The summed E-state index contributed by atoms with van der Waals surface area (Å²) in [6.45, 7) is 6.82. The Morgan fingerprint density at radius 2 is 2.06 bits per heavy atom. The van der Waals surface area contributed by atoms with Crippen molar-refractivity contribution in [2.45, 2.75) is 33.7 Å². The summed E-state index contributed by atoms with van der Waals surface area (Å²) in [5.41, 5.74) is -0.157. The molecule has 0 radical (unpaired) electrons. The zero-order valence-electron chi connectivity index (χ0n) is 10.3. The fourth-order valence-corrected chi connectivity index (χ4v) is 1.37. The van der Waals surface area contributed by atoms with Crippen LogP contribution in [0.3, 0.4) is 0 Å². The molecule has 1 aromatic heterocycles. The van der Waals surface area contributed by atoms with Gasteiger partial charge >= 0.3 is 5.97 Å². The lowest BCUT2D eigenvalue weighted by Crippen LogP contribution is -2.49. The quantitative estimate of drug-likeness (QED) is 0.828. The van der Waals surface area contributed by atoms with Gasteiger partial charge in [-0.05, 0) is 12.3 Å². The zero-order chi connectivity index (χ0) is 13.2. The molecular weight excluding hydrogens is 224 g/mol. The Kier molecular flexibility index (Phi) is 3.55. The molecule has 0 spiro atoms. The summed E-state index contributed by atoms with van der Waals surface area (Å²) in [5.74, 6) is -1.61. The van der Waals surface area contributed by atoms with Crippen LogP contribution in [-0.2, 0) is 4.79 Å². The van der Waals surface area contributed by atoms with Crippen LogP contribution in [-0.4, -0.2) is 28.0 Å². The molecule has 0 aliphatic carbocycles. The predicted molar refractivity (Wildman–Crippen MR) is 59.6 cm³/mol. The van der Waals surface area contributed by atoms with Gasteiger partial charge in [-0.3, -0.25) is 4.79 Å². The number of rotatable bonds is 3. The molecule has 0 fully saturated rings. The molecule has 0 aliphatic heterocycles. The number of aromatic nitrogens is 1. The maximum absolute atomic E-state index is 11.8. The number of nitrogens with zero attached hydrogens (tertiary/aromatic N) is 1. The summed E-state index contributed by atoms with van der Waals surface area (Å²) >= 11 is 0. The Morgan fingerprint density at radius 1 is 1.47 bits per heavy atom. The van der Waals surface area contributed by atoms with Crippen molar-refractivity contribution in [1.29, 1.82) is 0 Å². The first-order valence-corrected chi connectivity index (χ1v) is 5.17. The van der Waals surface area contributed by atoms with Gasteiger partial charge in [0.2, 0.25) is 5.76 Å². The molecule has 1 heterocycles. The minimum Gasteiger partial charge on any atom is -0.480 e. The minimum atomic E-state index is -1.08. The highest BCUT2D eigenvalue weighted by molar-refractivity contribution is 5.95.